The highest BCUT2D eigenvalue weighted by atomic mass is 79.9. The number of aliphatic hydroxyl groups is 1. The average molecular weight is 335 g/mol. The van der Waals surface area contributed by atoms with Gasteiger partial charge in [-0.3, -0.25) is 4.98 Å². The van der Waals surface area contributed by atoms with Gasteiger partial charge in [0.05, 0.1) is 21.2 Å². The van der Waals surface area contributed by atoms with Crippen molar-refractivity contribution in [2.45, 2.75) is 19.4 Å². The zero-order chi connectivity index (χ0) is 12.8. The molecule has 90 valence electrons. The molecule has 0 saturated carbocycles. The Bertz CT molecular complexity index is 593. The first-order valence-electron chi connectivity index (χ1n) is 4.97. The Morgan fingerprint density at radius 1 is 1.29 bits per heavy atom. The quantitative estimate of drug-likeness (QED) is 0.831. The molecule has 17 heavy (non-hydrogen) atoms. The summed E-state index contributed by atoms with van der Waals surface area (Å²) in [6, 6.07) is 3.60. The Hall–Kier alpha value is -0.350. The minimum absolute atomic E-state index is 0.478. The fourth-order valence-corrected chi connectivity index (χ4v) is 2.90. The van der Waals surface area contributed by atoms with Crippen LogP contribution in [-0.4, -0.2) is 10.1 Å². The van der Waals surface area contributed by atoms with Crippen molar-refractivity contribution in [3.8, 4) is 0 Å². The van der Waals surface area contributed by atoms with Gasteiger partial charge in [-0.05, 0) is 26.0 Å². The maximum atomic E-state index is 10.00. The lowest BCUT2D eigenvalue weighted by Gasteiger charge is -2.20. The molecule has 5 heteroatoms. The van der Waals surface area contributed by atoms with Crippen molar-refractivity contribution in [1.82, 2.24) is 4.98 Å². The summed E-state index contributed by atoms with van der Waals surface area (Å²) >= 11 is 15.7. The van der Waals surface area contributed by atoms with E-state index in [0.29, 0.717) is 21.1 Å². The lowest BCUT2D eigenvalue weighted by molar-refractivity contribution is 0.0785. The third-order valence-corrected chi connectivity index (χ3v) is 3.64. The van der Waals surface area contributed by atoms with E-state index in [9.17, 15) is 5.11 Å². The van der Waals surface area contributed by atoms with Crippen LogP contribution in [-0.2, 0) is 5.60 Å². The molecule has 1 N–H and O–H groups in total. The Morgan fingerprint density at radius 2 is 1.94 bits per heavy atom. The molecule has 1 heterocycles. The van der Waals surface area contributed by atoms with Gasteiger partial charge >= 0.3 is 0 Å². The van der Waals surface area contributed by atoms with Gasteiger partial charge in [0.25, 0.3) is 0 Å². The predicted molar refractivity (Wildman–Crippen MR) is 74.7 cm³/mol. The van der Waals surface area contributed by atoms with Crippen LogP contribution in [0.15, 0.2) is 22.8 Å². The molecule has 2 rings (SSSR count). The molecule has 2 nitrogen and oxygen atoms in total. The number of fused-ring (bicyclic) bond motifs is 1. The Labute approximate surface area is 118 Å². The summed E-state index contributed by atoms with van der Waals surface area (Å²) in [7, 11) is 0. The minimum Gasteiger partial charge on any atom is -0.386 e. The van der Waals surface area contributed by atoms with Crippen molar-refractivity contribution in [3.05, 3.63) is 38.4 Å². The third-order valence-electron chi connectivity index (χ3n) is 2.48. The van der Waals surface area contributed by atoms with Crippen LogP contribution in [0.3, 0.4) is 0 Å². The van der Waals surface area contributed by atoms with Gasteiger partial charge in [-0.2, -0.15) is 0 Å². The molecule has 0 saturated heterocycles. The van der Waals surface area contributed by atoms with Crippen LogP contribution >= 0.6 is 39.1 Å². The highest BCUT2D eigenvalue weighted by Crippen LogP contribution is 2.36. The molecule has 0 radical (unpaired) electrons. The van der Waals surface area contributed by atoms with Gasteiger partial charge in [0.1, 0.15) is 0 Å². The van der Waals surface area contributed by atoms with Crippen LogP contribution in [0.2, 0.25) is 10.0 Å². The van der Waals surface area contributed by atoms with Crippen molar-refractivity contribution < 1.29 is 5.11 Å². The van der Waals surface area contributed by atoms with Crippen LogP contribution < -0.4 is 0 Å². The maximum Gasteiger partial charge on any atom is 0.0904 e. The monoisotopic (exact) mass is 333 g/mol. The van der Waals surface area contributed by atoms with E-state index in [1.165, 1.54) is 0 Å². The summed E-state index contributed by atoms with van der Waals surface area (Å²) in [6.07, 6.45) is 1.56. The second kappa shape index (κ2) is 4.39. The maximum absolute atomic E-state index is 10.00. The van der Waals surface area contributed by atoms with Gasteiger partial charge in [0.2, 0.25) is 0 Å². The normalized spacial score (nSPS) is 12.1. The molecule has 0 amide bonds. The van der Waals surface area contributed by atoms with Crippen LogP contribution in [0, 0.1) is 0 Å². The number of aromatic nitrogens is 1. The van der Waals surface area contributed by atoms with E-state index in [0.717, 1.165) is 9.86 Å². The van der Waals surface area contributed by atoms with Crippen LogP contribution in [0.25, 0.3) is 10.9 Å². The molecule has 1 aromatic heterocycles. The molecule has 1 aromatic carbocycles. The number of rotatable bonds is 1. The minimum atomic E-state index is -1.03. The average Bonchev–Trinajstić information content (AvgIpc) is 2.17. The van der Waals surface area contributed by atoms with Crippen molar-refractivity contribution in [3.63, 3.8) is 0 Å². The molecule has 0 aliphatic carbocycles. The fourth-order valence-electron chi connectivity index (χ4n) is 1.62. The van der Waals surface area contributed by atoms with Gasteiger partial charge in [0, 0.05) is 21.6 Å². The second-order valence-corrected chi connectivity index (χ2v) is 6.03. The van der Waals surface area contributed by atoms with Crippen LogP contribution in [0.4, 0.5) is 0 Å². The largest absolute Gasteiger partial charge is 0.386 e. The number of nitrogens with zero attached hydrogens (tertiary/aromatic N) is 1. The summed E-state index contributed by atoms with van der Waals surface area (Å²) < 4.78 is 0.826. The summed E-state index contributed by atoms with van der Waals surface area (Å²) in [4.78, 5) is 4.25. The second-order valence-electron chi connectivity index (χ2n) is 4.33. The number of pyridine rings is 1. The zero-order valence-corrected chi connectivity index (χ0v) is 12.4. The van der Waals surface area contributed by atoms with Gasteiger partial charge in [-0.15, -0.1) is 0 Å². The van der Waals surface area contributed by atoms with E-state index in [1.54, 1.807) is 26.1 Å². The smallest absolute Gasteiger partial charge is 0.0904 e. The van der Waals surface area contributed by atoms with E-state index < -0.39 is 5.60 Å². The lowest BCUT2D eigenvalue weighted by Crippen LogP contribution is -2.16. The Kier molecular flexibility index (Phi) is 3.38. The van der Waals surface area contributed by atoms with Crippen LogP contribution in [0.1, 0.15) is 19.4 Å². The molecule has 0 atom stereocenters. The summed E-state index contributed by atoms with van der Waals surface area (Å²) in [6.45, 7) is 3.34. The molecular weight excluding hydrogens is 325 g/mol. The van der Waals surface area contributed by atoms with Crippen LogP contribution in [0.5, 0.6) is 0 Å². The number of hydrogen-bond donors (Lipinski definition) is 1. The highest BCUT2D eigenvalue weighted by molar-refractivity contribution is 9.10. The standard InChI is InChI=1S/C12H10BrCl2NO/c1-12(2,17)8-5-16-11-7(10(8)15)3-6(13)4-9(11)14/h3-5,17H,1-2H3. The summed E-state index contributed by atoms with van der Waals surface area (Å²) in [5.41, 5.74) is 0.182. The fraction of sp³-hybridized carbons (Fsp3) is 0.250. The van der Waals surface area contributed by atoms with Crippen molar-refractivity contribution in [2.24, 2.45) is 0 Å². The molecule has 2 aromatic rings. The Morgan fingerprint density at radius 3 is 2.53 bits per heavy atom. The number of halogens is 3. The molecule has 0 spiro atoms. The number of hydrogen-bond acceptors (Lipinski definition) is 2. The molecule has 0 aliphatic rings. The molecule has 0 bridgehead atoms. The van der Waals surface area contributed by atoms with Crippen molar-refractivity contribution in [1.29, 1.82) is 0 Å². The molecular formula is C12H10BrCl2NO. The van der Waals surface area contributed by atoms with Gasteiger partial charge in [0.15, 0.2) is 0 Å². The van der Waals surface area contributed by atoms with E-state index in [-0.39, 0.29) is 0 Å². The Balaban J connectivity index is 2.84. The molecule has 0 aliphatic heterocycles. The van der Waals surface area contributed by atoms with Gasteiger partial charge in [-0.1, -0.05) is 39.1 Å². The first-order chi connectivity index (χ1) is 7.80. The first kappa shape index (κ1) is 13.1. The molecule has 0 fully saturated rings. The van der Waals surface area contributed by atoms with E-state index in [2.05, 4.69) is 20.9 Å². The highest BCUT2D eigenvalue weighted by Gasteiger charge is 2.22. The third kappa shape index (κ3) is 2.43. The summed E-state index contributed by atoms with van der Waals surface area (Å²) in [5, 5.41) is 11.7. The van der Waals surface area contributed by atoms with E-state index >= 15 is 0 Å². The molecule has 0 unspecified atom stereocenters. The first-order valence-corrected chi connectivity index (χ1v) is 6.51. The van der Waals surface area contributed by atoms with Gasteiger partial charge < -0.3 is 5.11 Å². The van der Waals surface area contributed by atoms with Crippen molar-refractivity contribution >= 4 is 50.0 Å². The lowest BCUT2D eigenvalue weighted by atomic mass is 9.98. The van der Waals surface area contributed by atoms with E-state index in [1.807, 2.05) is 6.07 Å². The SMILES string of the molecule is CC(C)(O)c1cnc2c(Cl)cc(Br)cc2c1Cl. The summed E-state index contributed by atoms with van der Waals surface area (Å²) in [5.74, 6) is 0. The predicted octanol–water partition coefficient (Wildman–Crippen LogP) is 4.53. The van der Waals surface area contributed by atoms with Gasteiger partial charge in [-0.25, -0.2) is 0 Å². The number of benzene rings is 1. The van der Waals surface area contributed by atoms with Crippen molar-refractivity contribution in [2.75, 3.05) is 0 Å². The van der Waals surface area contributed by atoms with E-state index in [4.69, 9.17) is 23.2 Å². The topological polar surface area (TPSA) is 33.1 Å². The zero-order valence-electron chi connectivity index (χ0n) is 9.26.